The maximum absolute atomic E-state index is 10.3. The number of phenols is 1. The number of methoxy groups -OCH3 is 1. The molecule has 0 spiro atoms. The number of hydrogen-bond acceptors (Lipinski definition) is 6. The summed E-state index contributed by atoms with van der Waals surface area (Å²) in [6, 6.07) is 18.9. The van der Waals surface area contributed by atoms with Gasteiger partial charge in [-0.15, -0.1) is 11.3 Å². The average molecular weight is 451 g/mol. The molecule has 1 atom stereocenters. The van der Waals surface area contributed by atoms with Crippen molar-refractivity contribution >= 4 is 28.6 Å². The van der Waals surface area contributed by atoms with Crippen LogP contribution in [0.1, 0.15) is 23.6 Å². The number of aromatic nitrogens is 2. The second kappa shape index (κ2) is 8.09. The van der Waals surface area contributed by atoms with E-state index in [0.29, 0.717) is 22.1 Å². The third kappa shape index (κ3) is 3.78. The molecule has 1 aliphatic rings. The first-order valence-corrected chi connectivity index (χ1v) is 10.9. The van der Waals surface area contributed by atoms with Crippen LogP contribution in [0, 0.1) is 0 Å². The number of halogens is 1. The highest BCUT2D eigenvalue weighted by Gasteiger charge is 2.28. The van der Waals surface area contributed by atoms with Crippen molar-refractivity contribution in [1.29, 1.82) is 0 Å². The van der Waals surface area contributed by atoms with Crippen molar-refractivity contribution in [2.24, 2.45) is 5.10 Å². The van der Waals surface area contributed by atoms with Crippen LogP contribution < -0.4 is 10.2 Å². The van der Waals surface area contributed by atoms with E-state index in [1.807, 2.05) is 53.3 Å². The van der Waals surface area contributed by atoms with Crippen LogP contribution in [0.25, 0.3) is 16.3 Å². The van der Waals surface area contributed by atoms with Crippen molar-refractivity contribution in [3.05, 3.63) is 82.3 Å². The number of thiophene rings is 1. The monoisotopic (exact) mass is 450 g/mol. The largest absolute Gasteiger partial charge is 0.507 e. The molecule has 0 bridgehead atoms. The van der Waals surface area contributed by atoms with E-state index in [-0.39, 0.29) is 11.8 Å². The first-order chi connectivity index (χ1) is 15.1. The summed E-state index contributed by atoms with van der Waals surface area (Å²) >= 11 is 7.70. The normalized spacial score (nSPS) is 15.5. The maximum atomic E-state index is 10.3. The molecule has 31 heavy (non-hydrogen) atoms. The molecule has 0 saturated carbocycles. The third-order valence-electron chi connectivity index (χ3n) is 5.21. The van der Waals surface area contributed by atoms with Crippen molar-refractivity contribution in [2.45, 2.75) is 12.5 Å². The number of aromatic hydroxyl groups is 1. The highest BCUT2D eigenvalue weighted by atomic mass is 35.5. The van der Waals surface area contributed by atoms with Gasteiger partial charge >= 0.3 is 0 Å². The topological polar surface area (TPSA) is 71.7 Å². The van der Waals surface area contributed by atoms with Crippen molar-refractivity contribution in [3.8, 4) is 27.8 Å². The van der Waals surface area contributed by atoms with Crippen LogP contribution in [0.15, 0.2) is 72.0 Å². The minimum absolute atomic E-state index is 0.0889. The Morgan fingerprint density at radius 1 is 1.16 bits per heavy atom. The van der Waals surface area contributed by atoms with Crippen LogP contribution in [-0.4, -0.2) is 27.7 Å². The Bertz CT molecular complexity index is 1270. The van der Waals surface area contributed by atoms with E-state index < -0.39 is 0 Å². The molecule has 0 aliphatic carbocycles. The van der Waals surface area contributed by atoms with Gasteiger partial charge in [0.15, 0.2) is 0 Å². The highest BCUT2D eigenvalue weighted by Crippen LogP contribution is 2.38. The number of phenolic OH excluding ortho intramolecular Hbond substituents is 1. The second-order valence-electron chi connectivity index (χ2n) is 7.14. The minimum Gasteiger partial charge on any atom is -0.507 e. The number of hydrazone groups is 1. The molecule has 0 amide bonds. The Morgan fingerprint density at radius 3 is 2.74 bits per heavy atom. The van der Waals surface area contributed by atoms with E-state index in [1.165, 1.54) is 11.3 Å². The van der Waals surface area contributed by atoms with Crippen molar-refractivity contribution in [3.63, 3.8) is 0 Å². The van der Waals surface area contributed by atoms with Gasteiger partial charge < -0.3 is 15.3 Å². The molecule has 1 unspecified atom stereocenters. The van der Waals surface area contributed by atoms with Gasteiger partial charge in [0, 0.05) is 23.7 Å². The summed E-state index contributed by atoms with van der Waals surface area (Å²) in [6.07, 6.45) is 2.63. The summed E-state index contributed by atoms with van der Waals surface area (Å²) in [7, 11) is 1.60. The van der Waals surface area contributed by atoms with Crippen LogP contribution in [0.3, 0.4) is 0 Å². The fourth-order valence-electron chi connectivity index (χ4n) is 3.65. The van der Waals surface area contributed by atoms with Crippen LogP contribution in [-0.2, 0) is 0 Å². The van der Waals surface area contributed by atoms with Gasteiger partial charge in [0.25, 0.3) is 0 Å². The number of rotatable bonds is 5. The molecule has 0 fully saturated rings. The molecule has 0 saturated heterocycles. The number of para-hydroxylation sites is 1. The third-order valence-corrected chi connectivity index (χ3v) is 6.45. The van der Waals surface area contributed by atoms with E-state index in [4.69, 9.17) is 21.4 Å². The predicted molar refractivity (Wildman–Crippen MR) is 124 cm³/mol. The predicted octanol–water partition coefficient (Wildman–Crippen LogP) is 5.41. The summed E-state index contributed by atoms with van der Waals surface area (Å²) in [4.78, 5) is 0.995. The molecule has 2 N–H and O–H groups in total. The van der Waals surface area contributed by atoms with Crippen molar-refractivity contribution in [1.82, 2.24) is 15.2 Å². The first-order valence-electron chi connectivity index (χ1n) is 9.72. The van der Waals surface area contributed by atoms with Gasteiger partial charge in [-0.1, -0.05) is 29.8 Å². The molecule has 2 aromatic heterocycles. The molecular weight excluding hydrogens is 432 g/mol. The molecular formula is C23H19ClN4O2S. The van der Waals surface area contributed by atoms with Gasteiger partial charge in [0.1, 0.15) is 17.2 Å². The molecule has 3 heterocycles. The van der Waals surface area contributed by atoms with Crippen LogP contribution in [0.2, 0.25) is 4.34 Å². The number of ether oxygens (including phenoxy) is 1. The minimum atomic E-state index is -0.0889. The van der Waals surface area contributed by atoms with Gasteiger partial charge in [-0.25, -0.2) is 4.68 Å². The Kier molecular flexibility index (Phi) is 5.13. The van der Waals surface area contributed by atoms with Crippen LogP contribution in [0.5, 0.6) is 11.5 Å². The average Bonchev–Trinajstić information content (AvgIpc) is 3.54. The highest BCUT2D eigenvalue weighted by molar-refractivity contribution is 7.19. The zero-order valence-corrected chi connectivity index (χ0v) is 18.2. The van der Waals surface area contributed by atoms with Crippen LogP contribution in [0.4, 0.5) is 0 Å². The lowest BCUT2D eigenvalue weighted by molar-refractivity contribution is 0.412. The van der Waals surface area contributed by atoms with Gasteiger partial charge in [-0.3, -0.25) is 0 Å². The standard InChI is InChI=1S/C23H19ClN4O2S/c1-30-15-7-8-20(29)16(11-15)18-12-19(26-25-18)17-13-28(14-5-3-2-4-6-14)27-23(17)21-9-10-22(24)31-21/h2-11,13,19,26,29H,12H2,1H3. The fraction of sp³-hybridized carbons (Fsp3) is 0.130. The molecule has 0 radical (unpaired) electrons. The first kappa shape index (κ1) is 19.7. The zero-order chi connectivity index (χ0) is 21.4. The number of benzene rings is 2. The van der Waals surface area contributed by atoms with E-state index in [2.05, 4.69) is 10.5 Å². The van der Waals surface area contributed by atoms with E-state index in [1.54, 1.807) is 25.3 Å². The van der Waals surface area contributed by atoms with Crippen molar-refractivity contribution < 1.29 is 9.84 Å². The Balaban J connectivity index is 1.51. The number of nitrogens with one attached hydrogen (secondary N) is 1. The van der Waals surface area contributed by atoms with Crippen molar-refractivity contribution in [2.75, 3.05) is 7.11 Å². The SMILES string of the molecule is COc1ccc(O)c(C2=NNC(c3cn(-c4ccccc4)nc3-c3ccc(Cl)s3)C2)c1. The summed E-state index contributed by atoms with van der Waals surface area (Å²) in [5.41, 5.74) is 7.50. The lowest BCUT2D eigenvalue weighted by Crippen LogP contribution is -2.10. The van der Waals surface area contributed by atoms with E-state index in [0.717, 1.165) is 27.5 Å². The Hall–Kier alpha value is -3.29. The fourth-order valence-corrected chi connectivity index (χ4v) is 4.70. The summed E-state index contributed by atoms with van der Waals surface area (Å²) in [6.45, 7) is 0. The quantitative estimate of drug-likeness (QED) is 0.426. The number of nitrogens with zero attached hydrogens (tertiary/aromatic N) is 3. The second-order valence-corrected chi connectivity index (χ2v) is 8.86. The lowest BCUT2D eigenvalue weighted by Gasteiger charge is -2.10. The zero-order valence-electron chi connectivity index (χ0n) is 16.6. The Morgan fingerprint density at radius 2 is 2.00 bits per heavy atom. The lowest BCUT2D eigenvalue weighted by atomic mass is 9.98. The molecule has 4 aromatic rings. The molecule has 6 nitrogen and oxygen atoms in total. The van der Waals surface area contributed by atoms with E-state index in [9.17, 15) is 5.11 Å². The molecule has 5 rings (SSSR count). The molecule has 156 valence electrons. The summed E-state index contributed by atoms with van der Waals surface area (Å²) in [5.74, 6) is 0.844. The van der Waals surface area contributed by atoms with Gasteiger partial charge in [0.2, 0.25) is 0 Å². The van der Waals surface area contributed by atoms with Crippen LogP contribution >= 0.6 is 22.9 Å². The summed E-state index contributed by atoms with van der Waals surface area (Å²) in [5, 5.41) is 19.7. The molecule has 8 heteroatoms. The van der Waals surface area contributed by atoms with Gasteiger partial charge in [-0.2, -0.15) is 10.2 Å². The van der Waals surface area contributed by atoms with Gasteiger partial charge in [0.05, 0.1) is 33.8 Å². The molecule has 1 aliphatic heterocycles. The van der Waals surface area contributed by atoms with Gasteiger partial charge in [-0.05, 0) is 42.5 Å². The van der Waals surface area contributed by atoms with E-state index >= 15 is 0 Å². The smallest absolute Gasteiger partial charge is 0.124 e. The Labute approximate surface area is 188 Å². The number of hydrogen-bond donors (Lipinski definition) is 2. The summed E-state index contributed by atoms with van der Waals surface area (Å²) < 4.78 is 7.89. The molecule has 2 aromatic carbocycles. The maximum Gasteiger partial charge on any atom is 0.124 e.